The number of rotatable bonds is 19. The summed E-state index contributed by atoms with van der Waals surface area (Å²) in [7, 11) is 1.89. The van der Waals surface area contributed by atoms with Gasteiger partial charge in [0.05, 0.1) is 31.4 Å². The van der Waals surface area contributed by atoms with E-state index in [0.717, 1.165) is 21.6 Å². The SMILES string of the molecule is CC(C)C[C@@H]1NC(=O)[C@H](Cc2cnc[nH]2)NC(=O)[C@H](Cc2c[nH]c3ccccc23)NC(=O)[C@H](C)NC(=O)[C@@H](NC(=O)[C@@H](N)CC(=O)O)CSSC[C@@H](C=O)NC(=O)[C@H](Cc2c[nH]c3ccccc23)NC(=O)[C@H](C(C)C)NC(=O)[C@H](CC(C)C)NC(=O)[C@H](CCC(=O)O)NC(=O)CNC1=O. The summed E-state index contributed by atoms with van der Waals surface area (Å²) in [4.78, 5) is 207. The third kappa shape index (κ3) is 24.3. The van der Waals surface area contributed by atoms with E-state index in [2.05, 4.69) is 78.4 Å². The molecule has 34 heteroatoms. The number of hydrogen-bond acceptors (Lipinski definition) is 18. The molecule has 5 aromatic rings. The number of aliphatic carboxylic acids is 2. The summed E-state index contributed by atoms with van der Waals surface area (Å²) in [6, 6.07) is -1.90. The number of aromatic nitrogens is 4. The van der Waals surface area contributed by atoms with Gasteiger partial charge in [0, 0.05) is 83.3 Å². The van der Waals surface area contributed by atoms with E-state index in [1.165, 1.54) is 19.4 Å². The van der Waals surface area contributed by atoms with E-state index in [0.29, 0.717) is 44.9 Å². The first-order valence-electron chi connectivity index (χ1n) is 32.3. The largest absolute Gasteiger partial charge is 0.481 e. The molecule has 18 N–H and O–H groups in total. The number of nitrogens with two attached hydrogens (primary N) is 1. The van der Waals surface area contributed by atoms with Gasteiger partial charge in [-0.25, -0.2) is 4.98 Å². The Hall–Kier alpha value is -9.83. The van der Waals surface area contributed by atoms with Crippen LogP contribution in [0.25, 0.3) is 21.8 Å². The molecule has 11 amide bonds. The van der Waals surface area contributed by atoms with E-state index in [1.54, 1.807) is 102 Å². The lowest BCUT2D eigenvalue weighted by atomic mass is 9.98. The number of nitrogens with zero attached hydrogens (tertiary/aromatic N) is 1. The van der Waals surface area contributed by atoms with Gasteiger partial charge in [0.15, 0.2) is 0 Å². The predicted octanol–water partition coefficient (Wildman–Crippen LogP) is -0.607. The van der Waals surface area contributed by atoms with Gasteiger partial charge in [0.1, 0.15) is 60.7 Å². The number of carbonyl (C=O) groups is 14. The minimum absolute atomic E-state index is 0.0200. The summed E-state index contributed by atoms with van der Waals surface area (Å²) in [5.41, 5.74) is 8.75. The van der Waals surface area contributed by atoms with Crippen molar-refractivity contribution in [2.45, 2.75) is 166 Å². The van der Waals surface area contributed by atoms with Gasteiger partial charge < -0.3 is 94.2 Å². The Kier molecular flexibility index (Phi) is 29.8. The first kappa shape index (κ1) is 78.2. The third-order valence-electron chi connectivity index (χ3n) is 15.9. The lowest BCUT2D eigenvalue weighted by molar-refractivity contribution is -0.140. The second-order valence-corrected chi connectivity index (χ2v) is 27.8. The van der Waals surface area contributed by atoms with Gasteiger partial charge in [-0.05, 0) is 67.2 Å². The molecule has 1 aliphatic rings. The number of benzene rings is 2. The quantitative estimate of drug-likeness (QED) is 0.0362. The molecule has 1 saturated heterocycles. The molecule has 0 saturated carbocycles. The fourth-order valence-electron chi connectivity index (χ4n) is 10.7. The lowest BCUT2D eigenvalue weighted by Crippen LogP contribution is -2.60. The average Bonchev–Trinajstić information content (AvgIpc) is 1.72. The molecule has 536 valence electrons. The molecule has 4 heterocycles. The van der Waals surface area contributed by atoms with Crippen LogP contribution < -0.4 is 64.2 Å². The van der Waals surface area contributed by atoms with E-state index in [1.807, 2.05) is 0 Å². The van der Waals surface area contributed by atoms with Crippen LogP contribution in [0.3, 0.4) is 0 Å². The van der Waals surface area contributed by atoms with Crippen LogP contribution in [0, 0.1) is 17.8 Å². The van der Waals surface area contributed by atoms with Gasteiger partial charge in [0.25, 0.3) is 0 Å². The van der Waals surface area contributed by atoms with Crippen molar-refractivity contribution in [3.63, 3.8) is 0 Å². The second kappa shape index (κ2) is 37.8. The standard InChI is InChI=1S/C65H88N16O16S2/c1-32(2)18-46-58(90)70-27-52(83)74-45(16-17-53(84)85)59(91)77-47(19-33(3)4)63(95)81-55(34(5)6)65(97)79-48(20-36-24-68-43-14-10-8-12-40(36)43)60(92)73-39(28-82)29-98-99-30-51(80-57(89)42(66)23-54(86)87)64(96)72-35(7)56(88)75-49(21-37-25-69-44-15-11-9-13-41(37)44)61(93)78-50(62(94)76-46)22-38-26-67-31-71-38/h8-15,24-26,28,31-35,39,42,45-51,55,68-69H,16-23,27,29-30,66H2,1-7H3,(H,67,71)(H,70,90)(H,72,96)(H,73,92)(H,74,83)(H,75,88)(H,76,94)(H,77,91)(H,78,93)(H,79,97)(H,80,89)(H,81,95)(H,84,85)(H,86,87)/t35-,39+,42-,45-,46-,47-,48-,49-,50-,51-,55-/m0/s1. The lowest BCUT2D eigenvalue weighted by Gasteiger charge is -2.29. The third-order valence-corrected chi connectivity index (χ3v) is 18.3. The van der Waals surface area contributed by atoms with Crippen LogP contribution in [0.5, 0.6) is 0 Å². The van der Waals surface area contributed by atoms with E-state index in [9.17, 15) is 77.3 Å². The van der Waals surface area contributed by atoms with Gasteiger partial charge in [-0.3, -0.25) is 62.3 Å². The first-order valence-corrected chi connectivity index (χ1v) is 34.8. The number of imidazole rings is 1. The Morgan fingerprint density at radius 3 is 1.63 bits per heavy atom. The van der Waals surface area contributed by atoms with E-state index >= 15 is 0 Å². The Balaban J connectivity index is 1.37. The van der Waals surface area contributed by atoms with Crippen LogP contribution in [0.15, 0.2) is 73.4 Å². The van der Waals surface area contributed by atoms with Crippen LogP contribution >= 0.6 is 21.6 Å². The zero-order valence-corrected chi connectivity index (χ0v) is 57.5. The molecule has 0 bridgehead atoms. The average molecular weight is 1410 g/mol. The first-order chi connectivity index (χ1) is 47.0. The zero-order valence-electron chi connectivity index (χ0n) is 55.8. The number of aldehydes is 1. The van der Waals surface area contributed by atoms with Crippen LogP contribution in [0.1, 0.15) is 97.4 Å². The maximum Gasteiger partial charge on any atom is 0.305 e. The van der Waals surface area contributed by atoms with Crippen molar-refractivity contribution in [1.82, 2.24) is 78.4 Å². The molecule has 99 heavy (non-hydrogen) atoms. The molecule has 1 aliphatic heterocycles. The summed E-state index contributed by atoms with van der Waals surface area (Å²) >= 11 is 0. The second-order valence-electron chi connectivity index (χ2n) is 25.3. The van der Waals surface area contributed by atoms with Gasteiger partial charge in [-0.1, -0.05) is 99.5 Å². The summed E-state index contributed by atoms with van der Waals surface area (Å²) in [6.45, 7) is 10.7. The van der Waals surface area contributed by atoms with Crippen molar-refractivity contribution >= 4 is 127 Å². The molecule has 1 fully saturated rings. The molecular weight excluding hydrogens is 1320 g/mol. The van der Waals surface area contributed by atoms with Gasteiger partial charge in [0.2, 0.25) is 65.0 Å². The zero-order chi connectivity index (χ0) is 72.6. The van der Waals surface area contributed by atoms with E-state index in [4.69, 9.17) is 5.73 Å². The highest BCUT2D eigenvalue weighted by molar-refractivity contribution is 8.76. The topological polar surface area (TPSA) is 498 Å². The van der Waals surface area contributed by atoms with E-state index < -0.39 is 175 Å². The number of aromatic amines is 3. The maximum absolute atomic E-state index is 14.8. The summed E-state index contributed by atoms with van der Waals surface area (Å²) < 4.78 is 0. The molecule has 0 radical (unpaired) electrons. The summed E-state index contributed by atoms with van der Waals surface area (Å²) in [5.74, 6) is -14.7. The highest BCUT2D eigenvalue weighted by Crippen LogP contribution is 2.25. The number of hydrogen-bond donors (Lipinski definition) is 17. The Morgan fingerprint density at radius 1 is 0.586 bits per heavy atom. The van der Waals surface area contributed by atoms with Crippen LogP contribution in [-0.4, -0.2) is 198 Å². The van der Waals surface area contributed by atoms with Crippen LogP contribution in [0.2, 0.25) is 0 Å². The minimum Gasteiger partial charge on any atom is -0.481 e. The van der Waals surface area contributed by atoms with Gasteiger partial charge in [-0.2, -0.15) is 0 Å². The number of H-pyrrole nitrogens is 3. The molecule has 2 aromatic carbocycles. The van der Waals surface area contributed by atoms with Crippen molar-refractivity contribution in [2.75, 3.05) is 18.1 Å². The Labute approximate surface area is 577 Å². The fourth-order valence-corrected chi connectivity index (χ4v) is 13.0. The van der Waals surface area contributed by atoms with Crippen LogP contribution in [0.4, 0.5) is 0 Å². The number of carboxylic acid groups (broad SMARTS) is 2. The molecule has 3 aromatic heterocycles. The predicted molar refractivity (Wildman–Crippen MR) is 366 cm³/mol. The molecular formula is C65H88N16O16S2. The smallest absolute Gasteiger partial charge is 0.305 e. The van der Waals surface area contributed by atoms with Crippen molar-refractivity contribution in [2.24, 2.45) is 23.5 Å². The molecule has 0 spiro atoms. The number of fused-ring (bicyclic) bond motifs is 2. The fraction of sp³-hybridized carbons (Fsp3) is 0.492. The van der Waals surface area contributed by atoms with Crippen molar-refractivity contribution in [3.8, 4) is 0 Å². The summed E-state index contributed by atoms with van der Waals surface area (Å²) in [6.07, 6.45) is 3.81. The molecule has 32 nitrogen and oxygen atoms in total. The number of carbonyl (C=O) groups excluding carboxylic acids is 12. The normalized spacial score (nSPS) is 23.5. The Bertz CT molecular complexity index is 3690. The maximum atomic E-state index is 14.8. The molecule has 11 atom stereocenters. The molecule has 6 rings (SSSR count). The van der Waals surface area contributed by atoms with E-state index in [-0.39, 0.29) is 55.4 Å². The highest BCUT2D eigenvalue weighted by Gasteiger charge is 2.37. The number of nitrogens with one attached hydrogen (secondary N) is 14. The number of amides is 11. The van der Waals surface area contributed by atoms with Gasteiger partial charge in [-0.15, -0.1) is 0 Å². The van der Waals surface area contributed by atoms with Gasteiger partial charge >= 0.3 is 11.9 Å². The van der Waals surface area contributed by atoms with Crippen molar-refractivity contribution in [3.05, 3.63) is 90.3 Å². The molecule has 0 unspecified atom stereocenters. The van der Waals surface area contributed by atoms with Crippen LogP contribution in [-0.2, 0) is 86.4 Å². The minimum atomic E-state index is -1.64. The summed E-state index contributed by atoms with van der Waals surface area (Å²) in [5, 5.41) is 49.1. The number of carboxylic acids is 2. The highest BCUT2D eigenvalue weighted by atomic mass is 33.1. The number of para-hydroxylation sites is 2. The molecule has 0 aliphatic carbocycles. The monoisotopic (exact) mass is 1410 g/mol. The van der Waals surface area contributed by atoms with Crippen molar-refractivity contribution in [1.29, 1.82) is 0 Å². The Morgan fingerprint density at radius 2 is 1.09 bits per heavy atom. The van der Waals surface area contributed by atoms with Crippen molar-refractivity contribution < 1.29 is 77.3 Å².